The van der Waals surface area contributed by atoms with E-state index >= 15 is 0 Å². The first-order valence-electron chi connectivity index (χ1n) is 11.2. The van der Waals surface area contributed by atoms with E-state index in [1.54, 1.807) is 56.4 Å². The number of carbonyl (C=O) groups excluding carboxylic acids is 3. The van der Waals surface area contributed by atoms with E-state index in [1.165, 1.54) is 4.90 Å². The fourth-order valence-corrected chi connectivity index (χ4v) is 4.51. The molecule has 7 nitrogen and oxygen atoms in total. The monoisotopic (exact) mass is 522 g/mol. The molecule has 3 N–H and O–H groups in total. The summed E-state index contributed by atoms with van der Waals surface area (Å²) in [7, 11) is 1.64. The Morgan fingerprint density at radius 1 is 1.08 bits per heavy atom. The first kappa shape index (κ1) is 25.4. The molecule has 0 spiro atoms. The van der Waals surface area contributed by atoms with Crippen LogP contribution in [0.4, 0.5) is 5.69 Å². The Labute approximate surface area is 218 Å². The topological polar surface area (TPSA) is 105 Å². The number of fused-ring (bicyclic) bond motifs is 1. The lowest BCUT2D eigenvalue weighted by Crippen LogP contribution is -2.47. The molecule has 36 heavy (non-hydrogen) atoms. The maximum atomic E-state index is 13.3. The van der Waals surface area contributed by atoms with Crippen LogP contribution in [-0.2, 0) is 16.0 Å². The highest BCUT2D eigenvalue weighted by Gasteiger charge is 2.32. The van der Waals surface area contributed by atoms with Crippen molar-refractivity contribution in [2.24, 2.45) is 16.6 Å². The van der Waals surface area contributed by atoms with Gasteiger partial charge < -0.3 is 16.0 Å². The van der Waals surface area contributed by atoms with E-state index in [0.29, 0.717) is 39.0 Å². The number of amides is 3. The molecule has 2 atom stereocenters. The molecule has 3 aromatic carbocycles. The molecular weight excluding hydrogens is 499 g/mol. The summed E-state index contributed by atoms with van der Waals surface area (Å²) in [4.78, 5) is 44.1. The smallest absolute Gasteiger partial charge is 0.272 e. The summed E-state index contributed by atoms with van der Waals surface area (Å²) in [5, 5.41) is 3.78. The number of nitrogens with two attached hydrogens (primary N) is 1. The third-order valence-electron chi connectivity index (χ3n) is 6.05. The van der Waals surface area contributed by atoms with Crippen molar-refractivity contribution in [2.45, 2.75) is 19.5 Å². The highest BCUT2D eigenvalue weighted by molar-refractivity contribution is 6.35. The molecule has 1 aliphatic rings. The quantitative estimate of drug-likeness (QED) is 0.505. The Hall–Kier alpha value is -3.68. The van der Waals surface area contributed by atoms with Crippen molar-refractivity contribution in [3.05, 3.63) is 99.0 Å². The van der Waals surface area contributed by atoms with E-state index in [9.17, 15) is 14.4 Å². The molecule has 0 aromatic heterocycles. The molecular formula is C27H24Cl2N4O3. The van der Waals surface area contributed by atoms with E-state index in [4.69, 9.17) is 28.9 Å². The number of benzodiazepines with no additional fused rings is 1. The van der Waals surface area contributed by atoms with Crippen LogP contribution in [0.1, 0.15) is 34.0 Å². The molecule has 0 aliphatic carbocycles. The number of carbonyl (C=O) groups is 3. The van der Waals surface area contributed by atoms with Crippen molar-refractivity contribution in [1.29, 1.82) is 0 Å². The van der Waals surface area contributed by atoms with Gasteiger partial charge in [-0.3, -0.25) is 14.4 Å². The largest absolute Gasteiger partial charge is 0.366 e. The van der Waals surface area contributed by atoms with Gasteiger partial charge in [0, 0.05) is 39.7 Å². The Bertz CT molecular complexity index is 1370. The third kappa shape index (κ3) is 5.27. The van der Waals surface area contributed by atoms with Gasteiger partial charge in [0.2, 0.25) is 18.0 Å². The zero-order valence-electron chi connectivity index (χ0n) is 19.7. The molecule has 0 radical (unpaired) electrons. The second-order valence-corrected chi connectivity index (χ2v) is 9.43. The average molecular weight is 523 g/mol. The number of para-hydroxylation sites is 1. The van der Waals surface area contributed by atoms with Crippen molar-refractivity contribution in [2.75, 3.05) is 11.9 Å². The van der Waals surface area contributed by atoms with E-state index in [0.717, 1.165) is 11.1 Å². The van der Waals surface area contributed by atoms with Crippen LogP contribution in [0.5, 0.6) is 0 Å². The fraction of sp³-hybridized carbons (Fsp3) is 0.185. The van der Waals surface area contributed by atoms with Gasteiger partial charge in [0.1, 0.15) is 0 Å². The summed E-state index contributed by atoms with van der Waals surface area (Å²) in [6, 6.07) is 19.1. The predicted molar refractivity (Wildman–Crippen MR) is 142 cm³/mol. The Morgan fingerprint density at radius 3 is 2.44 bits per heavy atom. The summed E-state index contributed by atoms with van der Waals surface area (Å²) in [5.41, 5.74) is 9.07. The molecule has 0 bridgehead atoms. The van der Waals surface area contributed by atoms with Crippen LogP contribution >= 0.6 is 23.2 Å². The molecule has 0 saturated heterocycles. The summed E-state index contributed by atoms with van der Waals surface area (Å²) < 4.78 is 0. The zero-order valence-corrected chi connectivity index (χ0v) is 21.2. The maximum Gasteiger partial charge on any atom is 0.272 e. The lowest BCUT2D eigenvalue weighted by atomic mass is 9.99. The number of hydrogen-bond donors (Lipinski definition) is 2. The van der Waals surface area contributed by atoms with Crippen LogP contribution < -0.4 is 16.0 Å². The zero-order chi connectivity index (χ0) is 26.0. The van der Waals surface area contributed by atoms with E-state index in [-0.39, 0.29) is 11.8 Å². The van der Waals surface area contributed by atoms with Gasteiger partial charge >= 0.3 is 0 Å². The van der Waals surface area contributed by atoms with Crippen molar-refractivity contribution >= 4 is 52.3 Å². The Kier molecular flexibility index (Phi) is 7.43. The number of halogens is 2. The number of hydrogen-bond acceptors (Lipinski definition) is 4. The molecule has 0 saturated carbocycles. The molecule has 3 amide bonds. The summed E-state index contributed by atoms with van der Waals surface area (Å²) in [5.74, 6) is -1.75. The number of nitrogens with one attached hydrogen (secondary N) is 1. The molecule has 1 aliphatic heterocycles. The summed E-state index contributed by atoms with van der Waals surface area (Å²) >= 11 is 12.2. The van der Waals surface area contributed by atoms with Gasteiger partial charge in [0.05, 0.1) is 11.4 Å². The Balaban J connectivity index is 1.66. The minimum absolute atomic E-state index is 0.342. The molecule has 3 aromatic rings. The lowest BCUT2D eigenvalue weighted by molar-refractivity contribution is -0.129. The Morgan fingerprint density at radius 2 is 1.78 bits per heavy atom. The van der Waals surface area contributed by atoms with Crippen LogP contribution in [-0.4, -0.2) is 36.6 Å². The molecule has 1 heterocycles. The fourth-order valence-electron chi connectivity index (χ4n) is 4.03. The lowest BCUT2D eigenvalue weighted by Gasteiger charge is -2.22. The van der Waals surface area contributed by atoms with Crippen LogP contribution in [0.2, 0.25) is 10.0 Å². The van der Waals surface area contributed by atoms with E-state index < -0.39 is 18.0 Å². The number of primary amides is 1. The number of aliphatic imine (C=N–C) groups is 1. The van der Waals surface area contributed by atoms with Crippen LogP contribution in [0.15, 0.2) is 71.7 Å². The number of nitrogens with zero attached hydrogens (tertiary/aromatic N) is 2. The SMILES string of the molecule is C[C@H](Cc1ccc(Cl)cc1Cl)C(=O)N[C@@H]1N=C(c2ccc(C(N)=O)cc2)c2ccccc2N(C)C1=O. The van der Waals surface area contributed by atoms with E-state index in [1.807, 2.05) is 24.3 Å². The molecule has 0 unspecified atom stereocenters. The van der Waals surface area contributed by atoms with Gasteiger partial charge in [-0.05, 0) is 42.3 Å². The summed E-state index contributed by atoms with van der Waals surface area (Å²) in [6.45, 7) is 1.76. The maximum absolute atomic E-state index is 13.3. The van der Waals surface area contributed by atoms with Crippen LogP contribution in [0.25, 0.3) is 0 Å². The minimum atomic E-state index is -1.15. The van der Waals surface area contributed by atoms with Crippen molar-refractivity contribution in [3.63, 3.8) is 0 Å². The average Bonchev–Trinajstić information content (AvgIpc) is 2.96. The van der Waals surface area contributed by atoms with Gasteiger partial charge in [-0.15, -0.1) is 0 Å². The highest BCUT2D eigenvalue weighted by atomic mass is 35.5. The number of anilines is 1. The normalized spacial score (nSPS) is 16.0. The second kappa shape index (κ2) is 10.5. The standard InChI is InChI=1S/C27H24Cl2N4O3/c1-15(13-18-11-12-19(28)14-21(18)29)26(35)32-25-27(36)33(2)22-6-4-3-5-20(22)23(31-25)16-7-9-17(10-8-16)24(30)34/h3-12,14-15,25H,13H2,1-2H3,(H2,30,34)(H,32,35)/t15-,25+/m1/s1. The summed E-state index contributed by atoms with van der Waals surface area (Å²) in [6.07, 6.45) is -0.784. The van der Waals surface area contributed by atoms with Gasteiger partial charge in [0.15, 0.2) is 0 Å². The van der Waals surface area contributed by atoms with Gasteiger partial charge in [-0.25, -0.2) is 4.99 Å². The van der Waals surface area contributed by atoms with E-state index in [2.05, 4.69) is 10.3 Å². The van der Waals surface area contributed by atoms with Crippen molar-refractivity contribution in [3.8, 4) is 0 Å². The second-order valence-electron chi connectivity index (χ2n) is 8.59. The molecule has 0 fully saturated rings. The van der Waals surface area contributed by atoms with Gasteiger partial charge in [-0.1, -0.05) is 66.5 Å². The number of rotatable bonds is 6. The minimum Gasteiger partial charge on any atom is -0.366 e. The number of benzene rings is 3. The van der Waals surface area contributed by atoms with Crippen molar-refractivity contribution < 1.29 is 14.4 Å². The predicted octanol–water partition coefficient (Wildman–Crippen LogP) is 4.23. The molecule has 184 valence electrons. The highest BCUT2D eigenvalue weighted by Crippen LogP contribution is 2.28. The van der Waals surface area contributed by atoms with Crippen LogP contribution in [0, 0.1) is 5.92 Å². The first-order valence-corrected chi connectivity index (χ1v) is 12.0. The van der Waals surface area contributed by atoms with Gasteiger partial charge in [-0.2, -0.15) is 0 Å². The molecule has 9 heteroatoms. The third-order valence-corrected chi connectivity index (χ3v) is 6.64. The van der Waals surface area contributed by atoms with Crippen molar-refractivity contribution in [1.82, 2.24) is 5.32 Å². The first-order chi connectivity index (χ1) is 17.2. The van der Waals surface area contributed by atoms with Gasteiger partial charge in [0.25, 0.3) is 5.91 Å². The van der Waals surface area contributed by atoms with Crippen LogP contribution in [0.3, 0.4) is 0 Å². The number of likely N-dealkylation sites (N-methyl/N-ethyl adjacent to an activating group) is 1. The molecule has 4 rings (SSSR count).